The third-order valence-corrected chi connectivity index (χ3v) is 4.80. The predicted octanol–water partition coefficient (Wildman–Crippen LogP) is 3.12. The lowest BCUT2D eigenvalue weighted by Crippen LogP contribution is -2.21. The molecule has 0 amide bonds. The van der Waals surface area contributed by atoms with Crippen molar-refractivity contribution >= 4 is 10.1 Å². The van der Waals surface area contributed by atoms with Gasteiger partial charge in [0.1, 0.15) is 0 Å². The molecule has 134 valence electrons. The van der Waals surface area contributed by atoms with Crippen LogP contribution in [0.2, 0.25) is 0 Å². The summed E-state index contributed by atoms with van der Waals surface area (Å²) in [4.78, 5) is 2.34. The first-order valence-corrected chi connectivity index (χ1v) is 9.33. The average molecular weight is 359 g/mol. The van der Waals surface area contributed by atoms with Crippen LogP contribution in [-0.4, -0.2) is 40.6 Å². The van der Waals surface area contributed by atoms with Crippen molar-refractivity contribution in [1.82, 2.24) is 4.90 Å². The number of terminal acetylenes is 1. The van der Waals surface area contributed by atoms with E-state index >= 15 is 0 Å². The zero-order valence-electron chi connectivity index (χ0n) is 15.0. The van der Waals surface area contributed by atoms with Gasteiger partial charge in [-0.3, -0.25) is 9.08 Å². The molecule has 0 heterocycles. The zero-order valence-corrected chi connectivity index (χ0v) is 15.8. The fourth-order valence-electron chi connectivity index (χ4n) is 2.00. The third-order valence-electron chi connectivity index (χ3n) is 3.52. The van der Waals surface area contributed by atoms with E-state index in [4.69, 9.17) is 6.42 Å². The first kappa shape index (κ1) is 20.9. The summed E-state index contributed by atoms with van der Waals surface area (Å²) in [7, 11) is -0.323. The van der Waals surface area contributed by atoms with Gasteiger partial charge in [-0.2, -0.15) is 8.42 Å². The van der Waals surface area contributed by atoms with E-state index in [2.05, 4.69) is 39.3 Å². The average Bonchev–Trinajstić information content (AvgIpc) is 2.62. The Morgan fingerprint density at radius 1 is 1.08 bits per heavy atom. The number of aryl methyl sites for hydroxylation is 1. The lowest BCUT2D eigenvalue weighted by molar-refractivity contribution is 0.381. The number of rotatable bonds is 6. The van der Waals surface area contributed by atoms with E-state index < -0.39 is 10.1 Å². The molecule has 0 aliphatic carbocycles. The summed E-state index contributed by atoms with van der Waals surface area (Å²) in [5, 5.41) is 0. The standard InChI is InChI=1S/C12H15N.C8H10O3S/c1-3-10-13(2)11-9-12-7-5-4-6-8-12;1-7-3-5-8(6-4-7)12(9,10)11-2/h1,4-8H,9-11H2,2H3;3-6H,1-2H3. The molecule has 0 bridgehead atoms. The molecule has 0 radical (unpaired) electrons. The van der Waals surface area contributed by atoms with Gasteiger partial charge in [-0.1, -0.05) is 53.9 Å². The summed E-state index contributed by atoms with van der Waals surface area (Å²) in [5.41, 5.74) is 2.39. The molecule has 2 aromatic carbocycles. The molecule has 0 aliphatic rings. The molecular weight excluding hydrogens is 334 g/mol. The van der Waals surface area contributed by atoms with E-state index in [1.165, 1.54) is 17.7 Å². The fraction of sp³-hybridized carbons (Fsp3) is 0.300. The molecule has 0 spiro atoms. The Hall–Kier alpha value is -2.13. The lowest BCUT2D eigenvalue weighted by Gasteiger charge is -2.12. The van der Waals surface area contributed by atoms with Gasteiger partial charge in [-0.05, 0) is 38.1 Å². The second-order valence-electron chi connectivity index (χ2n) is 5.61. The van der Waals surface area contributed by atoms with Gasteiger partial charge in [0.25, 0.3) is 10.1 Å². The largest absolute Gasteiger partial charge is 0.296 e. The molecule has 0 unspecified atom stereocenters. The minimum Gasteiger partial charge on any atom is -0.295 e. The second kappa shape index (κ2) is 10.7. The molecule has 0 aromatic heterocycles. The molecule has 2 rings (SSSR count). The van der Waals surface area contributed by atoms with Crippen LogP contribution >= 0.6 is 0 Å². The van der Waals surface area contributed by atoms with E-state index in [0.29, 0.717) is 0 Å². The quantitative estimate of drug-likeness (QED) is 0.587. The maximum atomic E-state index is 11.1. The minimum absolute atomic E-state index is 0.190. The van der Waals surface area contributed by atoms with Gasteiger partial charge in [-0.25, -0.2) is 0 Å². The summed E-state index contributed by atoms with van der Waals surface area (Å²) in [6, 6.07) is 17.0. The summed E-state index contributed by atoms with van der Waals surface area (Å²) in [6.07, 6.45) is 6.28. The number of hydrogen-bond acceptors (Lipinski definition) is 4. The van der Waals surface area contributed by atoms with Crippen LogP contribution in [0.5, 0.6) is 0 Å². The molecule has 2 aromatic rings. The molecule has 0 saturated carbocycles. The smallest absolute Gasteiger partial charge is 0.295 e. The summed E-state index contributed by atoms with van der Waals surface area (Å²) >= 11 is 0. The Balaban J connectivity index is 0.000000251. The van der Waals surface area contributed by atoms with E-state index in [1.807, 2.05) is 20.0 Å². The normalized spacial score (nSPS) is 10.7. The first-order chi connectivity index (χ1) is 11.9. The summed E-state index contributed by atoms with van der Waals surface area (Å²) < 4.78 is 26.5. The second-order valence-corrected chi connectivity index (χ2v) is 7.32. The predicted molar refractivity (Wildman–Crippen MR) is 102 cm³/mol. The van der Waals surface area contributed by atoms with Gasteiger partial charge in [0.05, 0.1) is 18.6 Å². The van der Waals surface area contributed by atoms with Crippen LogP contribution in [0.4, 0.5) is 0 Å². The van der Waals surface area contributed by atoms with Crippen LogP contribution in [0.25, 0.3) is 0 Å². The van der Waals surface area contributed by atoms with Crippen LogP contribution in [0.3, 0.4) is 0 Å². The highest BCUT2D eigenvalue weighted by atomic mass is 32.2. The monoisotopic (exact) mass is 359 g/mol. The molecule has 25 heavy (non-hydrogen) atoms. The van der Waals surface area contributed by atoms with E-state index in [9.17, 15) is 8.42 Å². The zero-order chi connectivity index (χ0) is 18.7. The summed E-state index contributed by atoms with van der Waals surface area (Å²) in [6.45, 7) is 3.64. The van der Waals surface area contributed by atoms with Crippen LogP contribution in [0.1, 0.15) is 11.1 Å². The Morgan fingerprint density at radius 3 is 2.20 bits per heavy atom. The van der Waals surface area contributed by atoms with Gasteiger partial charge < -0.3 is 0 Å². The van der Waals surface area contributed by atoms with Crippen LogP contribution in [0.15, 0.2) is 59.5 Å². The third kappa shape index (κ3) is 7.99. The minimum atomic E-state index is -3.51. The van der Waals surface area contributed by atoms with E-state index in [1.54, 1.807) is 12.1 Å². The van der Waals surface area contributed by atoms with Gasteiger partial charge in [0.15, 0.2) is 0 Å². The van der Waals surface area contributed by atoms with Crippen LogP contribution < -0.4 is 0 Å². The Labute approximate surface area is 151 Å². The highest BCUT2D eigenvalue weighted by molar-refractivity contribution is 7.86. The first-order valence-electron chi connectivity index (χ1n) is 7.92. The Kier molecular flexibility index (Phi) is 8.93. The van der Waals surface area contributed by atoms with Crippen molar-refractivity contribution in [3.05, 3.63) is 65.7 Å². The maximum Gasteiger partial charge on any atom is 0.296 e. The fourth-order valence-corrected chi connectivity index (χ4v) is 2.66. The van der Waals surface area contributed by atoms with E-state index in [0.717, 1.165) is 32.2 Å². The molecule has 0 fully saturated rings. The molecule has 4 nitrogen and oxygen atoms in total. The SMILES string of the molecule is C#CCN(C)CCc1ccccc1.COS(=O)(=O)c1ccc(C)cc1. The van der Waals surface area contributed by atoms with Crippen molar-refractivity contribution in [3.63, 3.8) is 0 Å². The van der Waals surface area contributed by atoms with Gasteiger partial charge in [0.2, 0.25) is 0 Å². The van der Waals surface area contributed by atoms with Gasteiger partial charge in [-0.15, -0.1) is 6.42 Å². The Morgan fingerprint density at radius 2 is 1.68 bits per heavy atom. The highest BCUT2D eigenvalue weighted by Crippen LogP contribution is 2.11. The number of hydrogen-bond donors (Lipinski definition) is 0. The number of likely N-dealkylation sites (N-methyl/N-ethyl adjacent to an activating group) is 1. The van der Waals surface area contributed by atoms with Crippen molar-refractivity contribution in [2.45, 2.75) is 18.2 Å². The highest BCUT2D eigenvalue weighted by Gasteiger charge is 2.11. The van der Waals surface area contributed by atoms with Crippen LogP contribution in [-0.2, 0) is 20.7 Å². The van der Waals surface area contributed by atoms with Crippen LogP contribution in [0, 0.1) is 19.3 Å². The summed E-state index contributed by atoms with van der Waals surface area (Å²) in [5.74, 6) is 2.63. The maximum absolute atomic E-state index is 11.1. The van der Waals surface area contributed by atoms with Crippen molar-refractivity contribution in [3.8, 4) is 12.3 Å². The molecule has 0 aliphatic heterocycles. The number of benzene rings is 2. The van der Waals surface area contributed by atoms with Crippen molar-refractivity contribution in [1.29, 1.82) is 0 Å². The number of nitrogens with zero attached hydrogens (tertiary/aromatic N) is 1. The molecule has 0 saturated heterocycles. The topological polar surface area (TPSA) is 46.6 Å². The van der Waals surface area contributed by atoms with Gasteiger partial charge >= 0.3 is 0 Å². The lowest BCUT2D eigenvalue weighted by atomic mass is 10.1. The Bertz CT molecular complexity index is 763. The van der Waals surface area contributed by atoms with Gasteiger partial charge in [0, 0.05) is 6.54 Å². The van der Waals surface area contributed by atoms with Crippen molar-refractivity contribution in [2.75, 3.05) is 27.2 Å². The van der Waals surface area contributed by atoms with Crippen molar-refractivity contribution in [2.24, 2.45) is 0 Å². The molecular formula is C20H25NO3S. The molecule has 5 heteroatoms. The molecule has 0 N–H and O–H groups in total. The van der Waals surface area contributed by atoms with Crippen molar-refractivity contribution < 1.29 is 12.6 Å². The van der Waals surface area contributed by atoms with E-state index in [-0.39, 0.29) is 4.90 Å². The molecule has 0 atom stereocenters.